The molecule has 21 heavy (non-hydrogen) atoms. The maximum absolute atomic E-state index is 9.82. The lowest BCUT2D eigenvalue weighted by Crippen LogP contribution is -2.56. The molecule has 0 aromatic rings. The van der Waals surface area contributed by atoms with Gasteiger partial charge in [0.15, 0.2) is 0 Å². The molecule has 1 unspecified atom stereocenters. The molecule has 1 atom stereocenters. The number of nitrogens with one attached hydrogen (secondary N) is 1. The van der Waals surface area contributed by atoms with Gasteiger partial charge in [-0.2, -0.15) is 0 Å². The van der Waals surface area contributed by atoms with Crippen molar-refractivity contribution in [2.24, 2.45) is 28.6 Å². The zero-order valence-corrected chi connectivity index (χ0v) is 13.7. The third-order valence-electron chi connectivity index (χ3n) is 7.79. The summed E-state index contributed by atoms with van der Waals surface area (Å²) in [6.45, 7) is 3.88. The van der Waals surface area contributed by atoms with E-state index in [0.29, 0.717) is 18.1 Å². The Morgan fingerprint density at radius 2 is 1.52 bits per heavy atom. The lowest BCUT2D eigenvalue weighted by atomic mass is 9.48. The fourth-order valence-electron chi connectivity index (χ4n) is 6.81. The Morgan fingerprint density at radius 1 is 1.00 bits per heavy atom. The van der Waals surface area contributed by atoms with Gasteiger partial charge in [-0.1, -0.05) is 12.8 Å². The standard InChI is InChI=1S/C19H33NO/c1-14(20-12-18(13-21)4-2-3-5-18)19-9-15-6-16(10-19)8-17(7-15)11-19/h14-17,20-21H,2-13H2,1H3. The van der Waals surface area contributed by atoms with Crippen molar-refractivity contribution in [3.05, 3.63) is 0 Å². The Morgan fingerprint density at radius 3 is 2.00 bits per heavy atom. The third-order valence-corrected chi connectivity index (χ3v) is 7.79. The smallest absolute Gasteiger partial charge is 0.0499 e. The molecule has 0 aromatic carbocycles. The number of hydrogen-bond acceptors (Lipinski definition) is 2. The van der Waals surface area contributed by atoms with Crippen LogP contribution in [-0.4, -0.2) is 24.3 Å². The maximum atomic E-state index is 9.82. The van der Waals surface area contributed by atoms with Crippen molar-refractivity contribution in [2.75, 3.05) is 13.2 Å². The highest BCUT2D eigenvalue weighted by Crippen LogP contribution is 2.61. The molecule has 0 aliphatic heterocycles. The van der Waals surface area contributed by atoms with E-state index in [0.717, 1.165) is 24.3 Å². The predicted octanol–water partition coefficient (Wildman–Crippen LogP) is 3.73. The molecule has 0 saturated heterocycles. The van der Waals surface area contributed by atoms with Gasteiger partial charge in [-0.15, -0.1) is 0 Å². The van der Waals surface area contributed by atoms with Crippen molar-refractivity contribution in [2.45, 2.75) is 77.2 Å². The van der Waals surface area contributed by atoms with Crippen molar-refractivity contribution in [1.29, 1.82) is 0 Å². The second-order valence-corrected chi connectivity index (χ2v) is 9.25. The van der Waals surface area contributed by atoms with Crippen LogP contribution in [-0.2, 0) is 0 Å². The van der Waals surface area contributed by atoms with Gasteiger partial charge in [-0.3, -0.25) is 0 Å². The largest absolute Gasteiger partial charge is 0.396 e. The van der Waals surface area contributed by atoms with E-state index < -0.39 is 0 Å². The summed E-state index contributed by atoms with van der Waals surface area (Å²) in [5.74, 6) is 3.12. The summed E-state index contributed by atoms with van der Waals surface area (Å²) >= 11 is 0. The van der Waals surface area contributed by atoms with Gasteiger partial charge in [0, 0.05) is 24.6 Å². The minimum Gasteiger partial charge on any atom is -0.396 e. The number of rotatable bonds is 5. The first-order valence-electron chi connectivity index (χ1n) is 9.47. The molecule has 0 radical (unpaired) electrons. The molecule has 5 aliphatic rings. The average Bonchev–Trinajstić information content (AvgIpc) is 2.93. The Hall–Kier alpha value is -0.0800. The van der Waals surface area contributed by atoms with Crippen LogP contribution in [0.25, 0.3) is 0 Å². The summed E-state index contributed by atoms with van der Waals surface area (Å²) in [4.78, 5) is 0. The van der Waals surface area contributed by atoms with Gasteiger partial charge < -0.3 is 10.4 Å². The summed E-state index contributed by atoms with van der Waals surface area (Å²) in [6, 6.07) is 0.648. The van der Waals surface area contributed by atoms with Crippen LogP contribution in [0.2, 0.25) is 0 Å². The first-order valence-corrected chi connectivity index (χ1v) is 9.47. The van der Waals surface area contributed by atoms with E-state index >= 15 is 0 Å². The van der Waals surface area contributed by atoms with Gasteiger partial charge in [-0.05, 0) is 81.5 Å². The van der Waals surface area contributed by atoms with E-state index in [1.165, 1.54) is 64.2 Å². The Bertz CT molecular complexity index is 350. The molecule has 0 heterocycles. The highest BCUT2D eigenvalue weighted by Gasteiger charge is 2.53. The van der Waals surface area contributed by atoms with Gasteiger partial charge in [-0.25, -0.2) is 0 Å². The zero-order chi connectivity index (χ0) is 14.5. The molecule has 2 nitrogen and oxygen atoms in total. The molecule has 4 bridgehead atoms. The summed E-state index contributed by atoms with van der Waals surface area (Å²) in [7, 11) is 0. The summed E-state index contributed by atoms with van der Waals surface area (Å²) in [6.07, 6.45) is 14.1. The third kappa shape index (κ3) is 2.47. The molecule has 5 saturated carbocycles. The summed E-state index contributed by atoms with van der Waals surface area (Å²) < 4.78 is 0. The van der Waals surface area contributed by atoms with Crippen LogP contribution < -0.4 is 5.32 Å². The van der Waals surface area contributed by atoms with Crippen LogP contribution in [0.5, 0.6) is 0 Å². The van der Waals surface area contributed by atoms with Crippen molar-refractivity contribution >= 4 is 0 Å². The van der Waals surface area contributed by atoms with E-state index in [9.17, 15) is 5.11 Å². The van der Waals surface area contributed by atoms with Crippen LogP contribution in [0.15, 0.2) is 0 Å². The molecule has 0 amide bonds. The van der Waals surface area contributed by atoms with Crippen LogP contribution in [0.1, 0.15) is 71.1 Å². The molecule has 0 aromatic heterocycles. The van der Waals surface area contributed by atoms with E-state index in [2.05, 4.69) is 12.2 Å². The summed E-state index contributed by atoms with van der Waals surface area (Å²) in [5, 5.41) is 13.7. The fraction of sp³-hybridized carbons (Fsp3) is 1.00. The Kier molecular flexibility index (Phi) is 3.61. The van der Waals surface area contributed by atoms with E-state index in [4.69, 9.17) is 0 Å². The van der Waals surface area contributed by atoms with Crippen LogP contribution in [0, 0.1) is 28.6 Å². The van der Waals surface area contributed by atoms with Gasteiger partial charge >= 0.3 is 0 Å². The fourth-order valence-corrected chi connectivity index (χ4v) is 6.81. The minimum atomic E-state index is 0.205. The number of aliphatic hydroxyl groups is 1. The topological polar surface area (TPSA) is 32.3 Å². The molecule has 2 heteroatoms. The second-order valence-electron chi connectivity index (χ2n) is 9.25. The first-order chi connectivity index (χ1) is 10.1. The van der Waals surface area contributed by atoms with Gasteiger partial charge in [0.25, 0.3) is 0 Å². The highest BCUT2D eigenvalue weighted by molar-refractivity contribution is 5.05. The van der Waals surface area contributed by atoms with E-state index in [1.807, 2.05) is 0 Å². The number of hydrogen-bond donors (Lipinski definition) is 2. The molecule has 120 valence electrons. The molecule has 0 spiro atoms. The monoisotopic (exact) mass is 291 g/mol. The SMILES string of the molecule is CC(NCC1(CO)CCCC1)C12CC3CC(CC(C3)C1)C2. The lowest BCUT2D eigenvalue weighted by Gasteiger charge is -2.59. The molecule has 5 fully saturated rings. The molecule has 5 aliphatic carbocycles. The van der Waals surface area contributed by atoms with Gasteiger partial charge in [0.1, 0.15) is 0 Å². The first kappa shape index (κ1) is 14.5. The Balaban J connectivity index is 1.42. The zero-order valence-electron chi connectivity index (χ0n) is 13.7. The lowest BCUT2D eigenvalue weighted by molar-refractivity contribution is -0.0723. The molecule has 5 rings (SSSR count). The number of aliphatic hydroxyl groups excluding tert-OH is 1. The molecular weight excluding hydrogens is 258 g/mol. The normalized spacial score (nSPS) is 45.1. The van der Waals surface area contributed by atoms with E-state index in [1.54, 1.807) is 0 Å². The van der Waals surface area contributed by atoms with Crippen LogP contribution in [0.3, 0.4) is 0 Å². The van der Waals surface area contributed by atoms with Crippen molar-refractivity contribution in [1.82, 2.24) is 5.32 Å². The van der Waals surface area contributed by atoms with Crippen LogP contribution >= 0.6 is 0 Å². The highest BCUT2D eigenvalue weighted by atomic mass is 16.3. The Labute approximate surface area is 130 Å². The van der Waals surface area contributed by atoms with Crippen molar-refractivity contribution in [3.8, 4) is 0 Å². The van der Waals surface area contributed by atoms with Gasteiger partial charge in [0.2, 0.25) is 0 Å². The second kappa shape index (κ2) is 5.23. The maximum Gasteiger partial charge on any atom is 0.0499 e. The van der Waals surface area contributed by atoms with Gasteiger partial charge in [0.05, 0.1) is 0 Å². The summed E-state index contributed by atoms with van der Waals surface area (Å²) in [5.41, 5.74) is 0.806. The van der Waals surface area contributed by atoms with Crippen molar-refractivity contribution in [3.63, 3.8) is 0 Å². The van der Waals surface area contributed by atoms with E-state index in [-0.39, 0.29) is 5.41 Å². The van der Waals surface area contributed by atoms with Crippen LogP contribution in [0.4, 0.5) is 0 Å². The van der Waals surface area contributed by atoms with Crippen molar-refractivity contribution < 1.29 is 5.11 Å². The predicted molar refractivity (Wildman–Crippen MR) is 86.1 cm³/mol. The average molecular weight is 291 g/mol. The quantitative estimate of drug-likeness (QED) is 0.809. The molecule has 2 N–H and O–H groups in total. The minimum absolute atomic E-state index is 0.205. The molecular formula is C19H33NO.